The smallest absolute Gasteiger partial charge is 0.239 e. The Morgan fingerprint density at radius 2 is 1.68 bits per heavy atom. The third-order valence-electron chi connectivity index (χ3n) is 4.56. The van der Waals surface area contributed by atoms with Crippen LogP contribution in [0.2, 0.25) is 0 Å². The van der Waals surface area contributed by atoms with Crippen molar-refractivity contribution in [2.75, 3.05) is 26.1 Å². The van der Waals surface area contributed by atoms with Crippen LogP contribution in [0.3, 0.4) is 0 Å². The molecule has 150 valence electrons. The van der Waals surface area contributed by atoms with Crippen LogP contribution in [-0.4, -0.2) is 32.6 Å². The minimum atomic E-state index is -1.22. The van der Waals surface area contributed by atoms with Crippen molar-refractivity contribution in [3.05, 3.63) is 54.1 Å². The molecule has 2 rings (SSSR count). The lowest BCUT2D eigenvalue weighted by atomic mass is 9.90. The van der Waals surface area contributed by atoms with Gasteiger partial charge in [-0.05, 0) is 44.4 Å². The molecular weight excluding hydrogens is 356 g/mol. The summed E-state index contributed by atoms with van der Waals surface area (Å²) in [5.74, 6) is 0.360. The van der Waals surface area contributed by atoms with Crippen LogP contribution < -0.4 is 20.1 Å². The molecule has 2 N–H and O–H groups in total. The summed E-state index contributed by atoms with van der Waals surface area (Å²) in [5, 5.41) is 5.63. The molecule has 0 saturated heterocycles. The van der Waals surface area contributed by atoms with Gasteiger partial charge in [-0.25, -0.2) is 0 Å². The van der Waals surface area contributed by atoms with Gasteiger partial charge >= 0.3 is 0 Å². The Morgan fingerprint density at radius 1 is 0.964 bits per heavy atom. The van der Waals surface area contributed by atoms with Gasteiger partial charge in [0.1, 0.15) is 16.9 Å². The first kappa shape index (κ1) is 21.3. The second-order valence-electron chi connectivity index (χ2n) is 6.99. The highest BCUT2D eigenvalue weighted by Gasteiger charge is 2.36. The van der Waals surface area contributed by atoms with Gasteiger partial charge in [0.25, 0.3) is 0 Å². The minimum Gasteiger partial charge on any atom is -0.497 e. The maximum atomic E-state index is 12.7. The van der Waals surface area contributed by atoms with Crippen LogP contribution in [0.25, 0.3) is 0 Å². The van der Waals surface area contributed by atoms with Crippen LogP contribution in [0.15, 0.2) is 48.5 Å². The summed E-state index contributed by atoms with van der Waals surface area (Å²) in [5.41, 5.74) is 0.483. The molecule has 0 aliphatic rings. The number of anilines is 1. The monoisotopic (exact) mass is 384 g/mol. The lowest BCUT2D eigenvalue weighted by molar-refractivity contribution is -0.138. The molecular formula is C22H28N2O4. The first-order chi connectivity index (χ1) is 13.4. The Labute approximate surface area is 166 Å². The predicted molar refractivity (Wildman–Crippen MR) is 110 cm³/mol. The molecule has 0 aromatic heterocycles. The maximum absolute atomic E-state index is 12.7. The molecule has 2 aromatic carbocycles. The molecule has 0 saturated carbocycles. The second kappa shape index (κ2) is 9.78. The number of carbonyl (C=O) groups is 2. The predicted octanol–water partition coefficient (Wildman–Crippen LogP) is 3.42. The first-order valence-electron chi connectivity index (χ1n) is 9.24. The number of benzene rings is 2. The highest BCUT2D eigenvalue weighted by Crippen LogP contribution is 2.30. The van der Waals surface area contributed by atoms with E-state index in [0.717, 1.165) is 12.8 Å². The fourth-order valence-corrected chi connectivity index (χ4v) is 2.64. The molecule has 28 heavy (non-hydrogen) atoms. The summed E-state index contributed by atoms with van der Waals surface area (Å²) < 4.78 is 10.4. The van der Waals surface area contributed by atoms with Crippen molar-refractivity contribution in [3.8, 4) is 11.5 Å². The fraction of sp³-hybridized carbons (Fsp3) is 0.364. The van der Waals surface area contributed by atoms with E-state index in [1.54, 1.807) is 39.2 Å². The van der Waals surface area contributed by atoms with Crippen LogP contribution in [0.5, 0.6) is 11.5 Å². The van der Waals surface area contributed by atoms with Crippen molar-refractivity contribution in [3.63, 3.8) is 0 Å². The molecule has 0 aliphatic carbocycles. The quantitative estimate of drug-likeness (QED) is 0.513. The van der Waals surface area contributed by atoms with E-state index in [9.17, 15) is 9.59 Å². The van der Waals surface area contributed by atoms with Crippen molar-refractivity contribution in [2.24, 2.45) is 5.41 Å². The summed E-state index contributed by atoms with van der Waals surface area (Å²) in [6.07, 6.45) is 1.68. The van der Waals surface area contributed by atoms with Crippen LogP contribution >= 0.6 is 0 Å². The summed E-state index contributed by atoms with van der Waals surface area (Å²) in [4.78, 5) is 25.2. The van der Waals surface area contributed by atoms with Gasteiger partial charge in [0.2, 0.25) is 11.8 Å². The Balaban J connectivity index is 1.91. The molecule has 2 aromatic rings. The number of amides is 2. The Kier molecular flexibility index (Phi) is 7.44. The van der Waals surface area contributed by atoms with Crippen molar-refractivity contribution in [2.45, 2.75) is 26.7 Å². The van der Waals surface area contributed by atoms with E-state index < -0.39 is 11.3 Å². The van der Waals surface area contributed by atoms with Crippen LogP contribution in [0.1, 0.15) is 25.8 Å². The maximum Gasteiger partial charge on any atom is 0.239 e. The molecule has 0 bridgehead atoms. The van der Waals surface area contributed by atoms with E-state index in [1.807, 2.05) is 18.2 Å². The zero-order valence-corrected chi connectivity index (χ0v) is 16.9. The average molecular weight is 384 g/mol. The topological polar surface area (TPSA) is 76.7 Å². The minimum absolute atomic E-state index is 0.314. The molecule has 0 atom stereocenters. The molecule has 0 radical (unpaired) electrons. The first-order valence-corrected chi connectivity index (χ1v) is 9.24. The largest absolute Gasteiger partial charge is 0.497 e. The molecule has 0 aliphatic heterocycles. The Hall–Kier alpha value is -3.02. The van der Waals surface area contributed by atoms with Gasteiger partial charge in [0.05, 0.1) is 19.9 Å². The van der Waals surface area contributed by atoms with Crippen LogP contribution in [0.4, 0.5) is 5.69 Å². The standard InChI is InChI=1S/C22H28N2O4/c1-22(2,20(25)23-14-8-11-16-9-6-5-7-10-16)21(26)24-18-13-12-17(27-3)15-19(18)28-4/h5-7,9-10,12-13,15H,8,11,14H2,1-4H3,(H,23,25)(H,24,26). The van der Waals surface area contributed by atoms with Crippen LogP contribution in [-0.2, 0) is 16.0 Å². The molecule has 0 fully saturated rings. The highest BCUT2D eigenvalue weighted by molar-refractivity contribution is 6.10. The summed E-state index contributed by atoms with van der Waals surface area (Å²) in [6.45, 7) is 3.71. The van der Waals surface area contributed by atoms with Gasteiger partial charge in [0, 0.05) is 12.6 Å². The van der Waals surface area contributed by atoms with Gasteiger partial charge < -0.3 is 20.1 Å². The van der Waals surface area contributed by atoms with Crippen LogP contribution in [0, 0.1) is 5.41 Å². The second-order valence-corrected chi connectivity index (χ2v) is 6.99. The number of rotatable bonds is 9. The van der Waals surface area contributed by atoms with E-state index in [4.69, 9.17) is 9.47 Å². The normalized spacial score (nSPS) is 10.9. The van der Waals surface area contributed by atoms with E-state index in [0.29, 0.717) is 23.7 Å². The van der Waals surface area contributed by atoms with Gasteiger partial charge in [-0.3, -0.25) is 9.59 Å². The summed E-state index contributed by atoms with van der Waals surface area (Å²) in [6, 6.07) is 15.2. The Morgan fingerprint density at radius 3 is 2.32 bits per heavy atom. The number of nitrogens with one attached hydrogen (secondary N) is 2. The molecule has 6 heteroatoms. The van der Waals surface area contributed by atoms with Gasteiger partial charge in [-0.2, -0.15) is 0 Å². The lowest BCUT2D eigenvalue weighted by Gasteiger charge is -2.23. The average Bonchev–Trinajstić information content (AvgIpc) is 2.71. The zero-order valence-electron chi connectivity index (χ0n) is 16.9. The van der Waals surface area contributed by atoms with Gasteiger partial charge in [-0.1, -0.05) is 30.3 Å². The van der Waals surface area contributed by atoms with Gasteiger partial charge in [0.15, 0.2) is 0 Å². The number of methoxy groups -OCH3 is 2. The Bertz CT molecular complexity index is 803. The van der Waals surface area contributed by atoms with E-state index in [-0.39, 0.29) is 5.91 Å². The van der Waals surface area contributed by atoms with E-state index in [2.05, 4.69) is 22.8 Å². The van der Waals surface area contributed by atoms with Gasteiger partial charge in [-0.15, -0.1) is 0 Å². The van der Waals surface area contributed by atoms with Crippen molar-refractivity contribution in [1.82, 2.24) is 5.32 Å². The number of hydrogen-bond donors (Lipinski definition) is 2. The van der Waals surface area contributed by atoms with Crippen molar-refractivity contribution in [1.29, 1.82) is 0 Å². The summed E-state index contributed by atoms with van der Waals surface area (Å²) in [7, 11) is 3.06. The third kappa shape index (κ3) is 5.49. The molecule has 2 amide bonds. The molecule has 0 spiro atoms. The number of hydrogen-bond acceptors (Lipinski definition) is 4. The fourth-order valence-electron chi connectivity index (χ4n) is 2.64. The summed E-state index contributed by atoms with van der Waals surface area (Å²) >= 11 is 0. The van der Waals surface area contributed by atoms with E-state index in [1.165, 1.54) is 12.7 Å². The lowest BCUT2D eigenvalue weighted by Crippen LogP contribution is -2.45. The third-order valence-corrected chi connectivity index (χ3v) is 4.56. The number of carbonyl (C=O) groups excluding carboxylic acids is 2. The van der Waals surface area contributed by atoms with Crippen molar-refractivity contribution < 1.29 is 19.1 Å². The molecule has 0 unspecified atom stereocenters. The highest BCUT2D eigenvalue weighted by atomic mass is 16.5. The molecule has 6 nitrogen and oxygen atoms in total. The molecule has 0 heterocycles. The zero-order chi connectivity index (χ0) is 20.6. The van der Waals surface area contributed by atoms with Crippen molar-refractivity contribution >= 4 is 17.5 Å². The SMILES string of the molecule is COc1ccc(NC(=O)C(C)(C)C(=O)NCCCc2ccccc2)c(OC)c1. The number of aryl methyl sites for hydroxylation is 1. The van der Waals surface area contributed by atoms with E-state index >= 15 is 0 Å². The number of ether oxygens (including phenoxy) is 2.